The van der Waals surface area contributed by atoms with Crippen LogP contribution in [0.1, 0.15) is 31.7 Å². The monoisotopic (exact) mass is 266 g/mol. The van der Waals surface area contributed by atoms with E-state index in [4.69, 9.17) is 17.3 Å². The zero-order valence-electron chi connectivity index (χ0n) is 11.2. The Kier molecular flexibility index (Phi) is 4.90. The lowest BCUT2D eigenvalue weighted by molar-refractivity contribution is 0.708. The predicted octanol–water partition coefficient (Wildman–Crippen LogP) is 3.47. The van der Waals surface area contributed by atoms with E-state index >= 15 is 0 Å². The van der Waals surface area contributed by atoms with Gasteiger partial charge in [0, 0.05) is 23.8 Å². The van der Waals surface area contributed by atoms with Gasteiger partial charge in [0.2, 0.25) is 0 Å². The Bertz CT molecular complexity index is 388. The SMILES string of the molecule is CCCN(CC1CC1)c1ccc(CCN)c(Cl)c1. The summed E-state index contributed by atoms with van der Waals surface area (Å²) in [4.78, 5) is 2.47. The van der Waals surface area contributed by atoms with Gasteiger partial charge in [-0.1, -0.05) is 24.6 Å². The lowest BCUT2D eigenvalue weighted by Crippen LogP contribution is -2.26. The molecule has 0 bridgehead atoms. The quantitative estimate of drug-likeness (QED) is 0.819. The summed E-state index contributed by atoms with van der Waals surface area (Å²) in [5.74, 6) is 0.902. The molecule has 0 radical (unpaired) electrons. The molecule has 0 unspecified atom stereocenters. The molecule has 0 aliphatic heterocycles. The summed E-state index contributed by atoms with van der Waals surface area (Å²) >= 11 is 6.32. The second-order valence-electron chi connectivity index (χ2n) is 5.20. The van der Waals surface area contributed by atoms with Crippen molar-refractivity contribution in [1.29, 1.82) is 0 Å². The second kappa shape index (κ2) is 6.44. The minimum absolute atomic E-state index is 0.653. The lowest BCUT2D eigenvalue weighted by atomic mass is 10.1. The van der Waals surface area contributed by atoms with E-state index in [0.717, 1.165) is 29.5 Å². The molecule has 1 saturated carbocycles. The zero-order chi connectivity index (χ0) is 13.0. The highest BCUT2D eigenvalue weighted by Gasteiger charge is 2.24. The standard InChI is InChI=1S/C15H23ClN2/c1-2-9-18(11-12-3-4-12)14-6-5-13(7-8-17)15(16)10-14/h5-6,10,12H,2-4,7-9,11,17H2,1H3. The third-order valence-corrected chi connectivity index (χ3v) is 3.84. The predicted molar refractivity (Wildman–Crippen MR) is 79.4 cm³/mol. The summed E-state index contributed by atoms with van der Waals surface area (Å²) in [6.07, 6.45) is 4.81. The first-order chi connectivity index (χ1) is 8.74. The highest BCUT2D eigenvalue weighted by Crippen LogP contribution is 2.32. The van der Waals surface area contributed by atoms with Gasteiger partial charge in [-0.15, -0.1) is 0 Å². The molecule has 0 heterocycles. The van der Waals surface area contributed by atoms with E-state index in [0.29, 0.717) is 6.54 Å². The first kappa shape index (κ1) is 13.7. The molecule has 18 heavy (non-hydrogen) atoms. The summed E-state index contributed by atoms with van der Waals surface area (Å²) in [6.45, 7) is 5.17. The van der Waals surface area contributed by atoms with Gasteiger partial charge >= 0.3 is 0 Å². The van der Waals surface area contributed by atoms with E-state index in [1.807, 2.05) is 0 Å². The third-order valence-electron chi connectivity index (χ3n) is 3.48. The molecule has 0 amide bonds. The smallest absolute Gasteiger partial charge is 0.0459 e. The zero-order valence-corrected chi connectivity index (χ0v) is 11.9. The maximum absolute atomic E-state index is 6.32. The molecule has 2 N–H and O–H groups in total. The number of hydrogen-bond acceptors (Lipinski definition) is 2. The van der Waals surface area contributed by atoms with Gasteiger partial charge in [0.15, 0.2) is 0 Å². The number of benzene rings is 1. The highest BCUT2D eigenvalue weighted by atomic mass is 35.5. The van der Waals surface area contributed by atoms with Crippen LogP contribution in [0, 0.1) is 5.92 Å². The van der Waals surface area contributed by atoms with Crippen LogP contribution in [0.4, 0.5) is 5.69 Å². The molecule has 1 aliphatic carbocycles. The maximum atomic E-state index is 6.32. The van der Waals surface area contributed by atoms with Crippen LogP contribution in [0.25, 0.3) is 0 Å². The topological polar surface area (TPSA) is 29.3 Å². The van der Waals surface area contributed by atoms with Crippen molar-refractivity contribution in [2.24, 2.45) is 11.7 Å². The van der Waals surface area contributed by atoms with Crippen molar-refractivity contribution in [3.05, 3.63) is 28.8 Å². The van der Waals surface area contributed by atoms with Crippen LogP contribution in [0.2, 0.25) is 5.02 Å². The Hall–Kier alpha value is -0.730. The second-order valence-corrected chi connectivity index (χ2v) is 5.61. The molecule has 100 valence electrons. The normalized spacial score (nSPS) is 14.8. The summed E-state index contributed by atoms with van der Waals surface area (Å²) in [5.41, 5.74) is 8.00. The molecule has 1 fully saturated rings. The molecule has 0 atom stereocenters. The number of anilines is 1. The number of halogens is 1. The van der Waals surface area contributed by atoms with Crippen LogP contribution >= 0.6 is 11.6 Å². The van der Waals surface area contributed by atoms with Crippen molar-refractivity contribution in [3.63, 3.8) is 0 Å². The Morgan fingerprint density at radius 1 is 1.39 bits per heavy atom. The minimum Gasteiger partial charge on any atom is -0.371 e. The molecule has 1 aliphatic rings. The van der Waals surface area contributed by atoms with Gasteiger partial charge in [-0.25, -0.2) is 0 Å². The van der Waals surface area contributed by atoms with E-state index in [2.05, 4.69) is 30.0 Å². The van der Waals surface area contributed by atoms with E-state index in [-0.39, 0.29) is 0 Å². The molecule has 1 aromatic carbocycles. The molecular weight excluding hydrogens is 244 g/mol. The van der Waals surface area contributed by atoms with Gasteiger partial charge in [0.25, 0.3) is 0 Å². The van der Waals surface area contributed by atoms with Crippen molar-refractivity contribution in [1.82, 2.24) is 0 Å². The summed E-state index contributed by atoms with van der Waals surface area (Å²) in [5, 5.41) is 0.856. The van der Waals surface area contributed by atoms with Crippen LogP contribution in [0.3, 0.4) is 0 Å². The molecule has 0 spiro atoms. The molecule has 2 rings (SSSR count). The average molecular weight is 267 g/mol. The third kappa shape index (κ3) is 3.63. The first-order valence-corrected chi connectivity index (χ1v) is 7.35. The van der Waals surface area contributed by atoms with E-state index < -0.39 is 0 Å². The Balaban J connectivity index is 2.10. The molecule has 0 saturated heterocycles. The Morgan fingerprint density at radius 3 is 2.72 bits per heavy atom. The van der Waals surface area contributed by atoms with Gasteiger partial charge in [-0.05, 0) is 55.8 Å². The van der Waals surface area contributed by atoms with Gasteiger partial charge in [0.1, 0.15) is 0 Å². The maximum Gasteiger partial charge on any atom is 0.0459 e. The van der Waals surface area contributed by atoms with Crippen molar-refractivity contribution in [2.45, 2.75) is 32.6 Å². The molecule has 1 aromatic rings. The van der Waals surface area contributed by atoms with Gasteiger partial charge in [0.05, 0.1) is 0 Å². The first-order valence-electron chi connectivity index (χ1n) is 6.98. The molecule has 0 aromatic heterocycles. The van der Waals surface area contributed by atoms with Crippen LogP contribution in [-0.4, -0.2) is 19.6 Å². The summed E-state index contributed by atoms with van der Waals surface area (Å²) in [7, 11) is 0. The Morgan fingerprint density at radius 2 is 2.17 bits per heavy atom. The lowest BCUT2D eigenvalue weighted by Gasteiger charge is -2.25. The number of nitrogens with two attached hydrogens (primary N) is 1. The summed E-state index contributed by atoms with van der Waals surface area (Å²) in [6, 6.07) is 6.42. The number of nitrogens with zero attached hydrogens (tertiary/aromatic N) is 1. The molecular formula is C15H23ClN2. The van der Waals surface area contributed by atoms with Crippen molar-refractivity contribution in [3.8, 4) is 0 Å². The van der Waals surface area contributed by atoms with Gasteiger partial charge < -0.3 is 10.6 Å². The fourth-order valence-corrected chi connectivity index (χ4v) is 2.57. The van der Waals surface area contributed by atoms with Crippen LogP contribution in [-0.2, 0) is 6.42 Å². The van der Waals surface area contributed by atoms with E-state index in [1.54, 1.807) is 0 Å². The van der Waals surface area contributed by atoms with Gasteiger partial charge in [-0.2, -0.15) is 0 Å². The fourth-order valence-electron chi connectivity index (χ4n) is 2.30. The van der Waals surface area contributed by atoms with Crippen molar-refractivity contribution < 1.29 is 0 Å². The molecule has 3 heteroatoms. The molecule has 2 nitrogen and oxygen atoms in total. The average Bonchev–Trinajstić information content (AvgIpc) is 3.15. The van der Waals surface area contributed by atoms with Crippen LogP contribution in [0.5, 0.6) is 0 Å². The van der Waals surface area contributed by atoms with Crippen molar-refractivity contribution in [2.75, 3.05) is 24.5 Å². The Labute approximate surface area is 115 Å². The number of hydrogen-bond donors (Lipinski definition) is 1. The van der Waals surface area contributed by atoms with Crippen molar-refractivity contribution >= 4 is 17.3 Å². The largest absolute Gasteiger partial charge is 0.371 e. The van der Waals surface area contributed by atoms with Crippen LogP contribution < -0.4 is 10.6 Å². The van der Waals surface area contributed by atoms with Crippen LogP contribution in [0.15, 0.2) is 18.2 Å². The minimum atomic E-state index is 0.653. The van der Waals surface area contributed by atoms with E-state index in [1.165, 1.54) is 31.5 Å². The summed E-state index contributed by atoms with van der Waals surface area (Å²) < 4.78 is 0. The van der Waals surface area contributed by atoms with E-state index in [9.17, 15) is 0 Å². The van der Waals surface area contributed by atoms with Gasteiger partial charge in [-0.3, -0.25) is 0 Å². The number of rotatable bonds is 7. The fraction of sp³-hybridized carbons (Fsp3) is 0.600. The highest BCUT2D eigenvalue weighted by molar-refractivity contribution is 6.31.